The fourth-order valence-electron chi connectivity index (χ4n) is 1.84. The summed E-state index contributed by atoms with van der Waals surface area (Å²) >= 11 is 0. The quantitative estimate of drug-likeness (QED) is 0.913. The minimum absolute atomic E-state index is 0.365. The van der Waals surface area contributed by atoms with E-state index < -0.39 is 6.04 Å². The Morgan fingerprint density at radius 1 is 1.11 bits per heavy atom. The highest BCUT2D eigenvalue weighted by molar-refractivity contribution is 5.42. The van der Waals surface area contributed by atoms with Gasteiger partial charge in [-0.3, -0.25) is 0 Å². The first-order chi connectivity index (χ1) is 9.11. The molecular weight excluding hydrogens is 245 g/mol. The molecule has 0 aliphatic rings. The van der Waals surface area contributed by atoms with Gasteiger partial charge in [0.1, 0.15) is 23.1 Å². The molecule has 100 valence electrons. The van der Waals surface area contributed by atoms with Gasteiger partial charge in [-0.1, -0.05) is 12.1 Å². The first kappa shape index (κ1) is 13.4. The lowest BCUT2D eigenvalue weighted by Crippen LogP contribution is -2.09. The summed E-state index contributed by atoms with van der Waals surface area (Å²) < 4.78 is 24.6. The van der Waals surface area contributed by atoms with E-state index in [1.165, 1.54) is 6.07 Å². The molecule has 0 heterocycles. The molecule has 2 aromatic carbocycles. The summed E-state index contributed by atoms with van der Waals surface area (Å²) in [7, 11) is 1.58. The molecule has 0 saturated heterocycles. The van der Waals surface area contributed by atoms with E-state index >= 15 is 0 Å². The lowest BCUT2D eigenvalue weighted by Gasteiger charge is -2.14. The summed E-state index contributed by atoms with van der Waals surface area (Å²) in [6, 6.07) is 11.3. The highest BCUT2D eigenvalue weighted by atomic mass is 19.1. The van der Waals surface area contributed by atoms with Crippen LogP contribution in [-0.2, 0) is 0 Å². The lowest BCUT2D eigenvalue weighted by atomic mass is 10.1. The summed E-state index contributed by atoms with van der Waals surface area (Å²) in [5.74, 6) is 1.31. The van der Waals surface area contributed by atoms with Crippen molar-refractivity contribution in [2.24, 2.45) is 5.73 Å². The summed E-state index contributed by atoms with van der Waals surface area (Å²) in [6.45, 7) is 1.72. The average Bonchev–Trinajstić information content (AvgIpc) is 2.38. The Morgan fingerprint density at radius 2 is 1.79 bits per heavy atom. The van der Waals surface area contributed by atoms with Gasteiger partial charge in [0.2, 0.25) is 0 Å². The van der Waals surface area contributed by atoms with Crippen LogP contribution < -0.4 is 15.2 Å². The standard InChI is InChI=1S/C15H16FNO2/c1-10(17)15-13(16)7-4-8-14(15)19-12-6-3-5-11(9-12)18-2/h3-10H,17H2,1-2H3. The third kappa shape index (κ3) is 3.03. The van der Waals surface area contributed by atoms with E-state index in [2.05, 4.69) is 0 Å². The molecule has 2 N–H and O–H groups in total. The Kier molecular flexibility index (Phi) is 4.02. The van der Waals surface area contributed by atoms with Gasteiger partial charge in [-0.05, 0) is 31.2 Å². The van der Waals surface area contributed by atoms with Gasteiger partial charge in [0.15, 0.2) is 0 Å². The van der Waals surface area contributed by atoms with Gasteiger partial charge in [-0.2, -0.15) is 0 Å². The molecule has 2 aromatic rings. The maximum absolute atomic E-state index is 13.8. The van der Waals surface area contributed by atoms with Gasteiger partial charge in [0, 0.05) is 17.7 Å². The van der Waals surface area contributed by atoms with Crippen LogP contribution in [0.15, 0.2) is 42.5 Å². The number of rotatable bonds is 4. The van der Waals surface area contributed by atoms with Crippen molar-refractivity contribution in [3.05, 3.63) is 53.8 Å². The van der Waals surface area contributed by atoms with E-state index in [1.54, 1.807) is 44.4 Å². The third-order valence-corrected chi connectivity index (χ3v) is 2.74. The highest BCUT2D eigenvalue weighted by Crippen LogP contribution is 2.31. The van der Waals surface area contributed by atoms with Crippen LogP contribution in [0.3, 0.4) is 0 Å². The number of benzene rings is 2. The summed E-state index contributed by atoms with van der Waals surface area (Å²) in [4.78, 5) is 0. The van der Waals surface area contributed by atoms with E-state index in [4.69, 9.17) is 15.2 Å². The Morgan fingerprint density at radius 3 is 2.47 bits per heavy atom. The van der Waals surface area contributed by atoms with Crippen LogP contribution in [0, 0.1) is 5.82 Å². The zero-order valence-electron chi connectivity index (χ0n) is 10.9. The van der Waals surface area contributed by atoms with E-state index in [0.29, 0.717) is 22.8 Å². The maximum Gasteiger partial charge on any atom is 0.135 e. The first-order valence-corrected chi connectivity index (χ1v) is 5.97. The molecule has 1 unspecified atom stereocenters. The van der Waals surface area contributed by atoms with Crippen LogP contribution in [0.2, 0.25) is 0 Å². The fraction of sp³-hybridized carbons (Fsp3) is 0.200. The number of hydrogen-bond donors (Lipinski definition) is 1. The number of hydrogen-bond acceptors (Lipinski definition) is 3. The molecule has 1 atom stereocenters. The number of halogens is 1. The Labute approximate surface area is 111 Å². The lowest BCUT2D eigenvalue weighted by molar-refractivity contribution is 0.407. The van der Waals surface area contributed by atoms with E-state index in [0.717, 1.165) is 0 Å². The van der Waals surface area contributed by atoms with E-state index in [9.17, 15) is 4.39 Å². The van der Waals surface area contributed by atoms with E-state index in [-0.39, 0.29) is 5.82 Å². The molecule has 2 rings (SSSR count). The van der Waals surface area contributed by atoms with Crippen molar-refractivity contribution in [3.8, 4) is 17.2 Å². The van der Waals surface area contributed by atoms with Gasteiger partial charge in [-0.25, -0.2) is 4.39 Å². The molecule has 4 heteroatoms. The van der Waals surface area contributed by atoms with Gasteiger partial charge in [0.05, 0.1) is 7.11 Å². The molecular formula is C15H16FNO2. The zero-order chi connectivity index (χ0) is 13.8. The van der Waals surface area contributed by atoms with Crippen LogP contribution in [0.5, 0.6) is 17.2 Å². The highest BCUT2D eigenvalue weighted by Gasteiger charge is 2.14. The predicted octanol–water partition coefficient (Wildman–Crippen LogP) is 3.65. The minimum Gasteiger partial charge on any atom is -0.497 e. The van der Waals surface area contributed by atoms with Gasteiger partial charge in [0.25, 0.3) is 0 Å². The van der Waals surface area contributed by atoms with E-state index in [1.807, 2.05) is 6.07 Å². The molecule has 19 heavy (non-hydrogen) atoms. The third-order valence-electron chi connectivity index (χ3n) is 2.74. The van der Waals surface area contributed by atoms with Crippen LogP contribution in [0.4, 0.5) is 4.39 Å². The van der Waals surface area contributed by atoms with Gasteiger partial charge in [-0.15, -0.1) is 0 Å². The van der Waals surface area contributed by atoms with Gasteiger partial charge < -0.3 is 15.2 Å². The van der Waals surface area contributed by atoms with Crippen LogP contribution in [0.1, 0.15) is 18.5 Å². The van der Waals surface area contributed by atoms with Crippen molar-refractivity contribution in [1.82, 2.24) is 0 Å². The average molecular weight is 261 g/mol. The first-order valence-electron chi connectivity index (χ1n) is 5.97. The molecule has 0 radical (unpaired) electrons. The Hall–Kier alpha value is -2.07. The molecule has 0 saturated carbocycles. The fourth-order valence-corrected chi connectivity index (χ4v) is 1.84. The zero-order valence-corrected chi connectivity index (χ0v) is 10.9. The summed E-state index contributed by atoms with van der Waals surface area (Å²) in [5, 5.41) is 0. The topological polar surface area (TPSA) is 44.5 Å². The molecule has 0 aliphatic carbocycles. The van der Waals surface area contributed by atoms with Crippen LogP contribution in [0.25, 0.3) is 0 Å². The van der Waals surface area contributed by atoms with Crippen LogP contribution in [-0.4, -0.2) is 7.11 Å². The summed E-state index contributed by atoms with van der Waals surface area (Å²) in [6.07, 6.45) is 0. The summed E-state index contributed by atoms with van der Waals surface area (Å²) in [5.41, 5.74) is 6.15. The minimum atomic E-state index is -0.443. The Bertz CT molecular complexity index is 570. The smallest absolute Gasteiger partial charge is 0.135 e. The number of methoxy groups -OCH3 is 1. The number of nitrogens with two attached hydrogens (primary N) is 1. The second-order valence-corrected chi connectivity index (χ2v) is 4.22. The molecule has 0 bridgehead atoms. The Balaban J connectivity index is 2.35. The normalized spacial score (nSPS) is 12.0. The van der Waals surface area contributed by atoms with Gasteiger partial charge >= 0.3 is 0 Å². The molecule has 0 amide bonds. The van der Waals surface area contributed by atoms with Crippen molar-refractivity contribution in [3.63, 3.8) is 0 Å². The molecule has 0 aromatic heterocycles. The van der Waals surface area contributed by atoms with Crippen molar-refractivity contribution in [2.75, 3.05) is 7.11 Å². The SMILES string of the molecule is COc1cccc(Oc2cccc(F)c2C(C)N)c1. The molecule has 0 fully saturated rings. The van der Waals surface area contributed by atoms with Crippen molar-refractivity contribution in [1.29, 1.82) is 0 Å². The largest absolute Gasteiger partial charge is 0.497 e. The van der Waals surface area contributed by atoms with Crippen LogP contribution >= 0.6 is 0 Å². The van der Waals surface area contributed by atoms with Crippen molar-refractivity contribution < 1.29 is 13.9 Å². The second-order valence-electron chi connectivity index (χ2n) is 4.22. The molecule has 3 nitrogen and oxygen atoms in total. The number of ether oxygens (including phenoxy) is 2. The molecule has 0 aliphatic heterocycles. The maximum atomic E-state index is 13.8. The monoisotopic (exact) mass is 261 g/mol. The second kappa shape index (κ2) is 5.71. The van der Waals surface area contributed by atoms with Crippen molar-refractivity contribution >= 4 is 0 Å². The predicted molar refractivity (Wildman–Crippen MR) is 72.1 cm³/mol. The van der Waals surface area contributed by atoms with Crippen molar-refractivity contribution in [2.45, 2.75) is 13.0 Å². The molecule has 0 spiro atoms.